The number of carbonyl (C=O) groups excluding carboxylic acids is 1. The van der Waals surface area contributed by atoms with Gasteiger partial charge in [-0.2, -0.15) is 0 Å². The second kappa shape index (κ2) is 10.2. The summed E-state index contributed by atoms with van der Waals surface area (Å²) in [6.45, 7) is 1.53. The Hall–Kier alpha value is -2.14. The first kappa shape index (κ1) is 23.0. The van der Waals surface area contributed by atoms with Crippen LogP contribution in [0.5, 0.6) is 0 Å². The summed E-state index contributed by atoms with van der Waals surface area (Å²) in [6.07, 6.45) is 6.67. The summed E-state index contributed by atoms with van der Waals surface area (Å²) in [6, 6.07) is 15.7. The van der Waals surface area contributed by atoms with Crippen LogP contribution in [0, 0.1) is 5.92 Å². The molecule has 0 spiro atoms. The van der Waals surface area contributed by atoms with Crippen LogP contribution in [0.1, 0.15) is 41.2 Å². The van der Waals surface area contributed by atoms with E-state index in [0.717, 1.165) is 37.1 Å². The molecule has 1 aliphatic heterocycles. The second-order valence-electron chi connectivity index (χ2n) is 8.36. The molecule has 1 aliphatic rings. The number of carbonyl (C=O) groups is 1. The van der Waals surface area contributed by atoms with Gasteiger partial charge in [0.15, 0.2) is 0 Å². The Kier molecular flexibility index (Phi) is 7.34. The van der Waals surface area contributed by atoms with Gasteiger partial charge in [-0.05, 0) is 73.2 Å². The van der Waals surface area contributed by atoms with Crippen LogP contribution in [0.25, 0.3) is 0 Å². The molecule has 32 heavy (non-hydrogen) atoms. The van der Waals surface area contributed by atoms with Crippen LogP contribution in [0.3, 0.4) is 0 Å². The summed E-state index contributed by atoms with van der Waals surface area (Å²) >= 11 is 18.8. The van der Waals surface area contributed by atoms with Gasteiger partial charge in [-0.15, -0.1) is 0 Å². The van der Waals surface area contributed by atoms with Crippen molar-refractivity contribution >= 4 is 46.4 Å². The zero-order valence-corrected chi connectivity index (χ0v) is 20.2. The number of nitrogens with one attached hydrogen (secondary N) is 1. The van der Waals surface area contributed by atoms with Crippen LogP contribution in [0.4, 0.5) is 5.69 Å². The molecule has 1 saturated heterocycles. The summed E-state index contributed by atoms with van der Waals surface area (Å²) < 4.78 is 1.88. The number of rotatable bonds is 6. The zero-order valence-electron chi connectivity index (χ0n) is 17.9. The van der Waals surface area contributed by atoms with E-state index >= 15 is 0 Å². The third-order valence-electron chi connectivity index (χ3n) is 6.09. The molecule has 2 heterocycles. The quantitative estimate of drug-likeness (QED) is 0.414. The number of anilines is 1. The topological polar surface area (TPSA) is 37.3 Å². The fourth-order valence-electron chi connectivity index (χ4n) is 4.42. The number of hydrogen-bond donors (Lipinski definition) is 1. The first-order valence-corrected chi connectivity index (χ1v) is 11.9. The van der Waals surface area contributed by atoms with E-state index in [0.29, 0.717) is 33.1 Å². The van der Waals surface area contributed by atoms with Crippen molar-refractivity contribution in [2.75, 3.05) is 18.0 Å². The Bertz CT molecular complexity index is 1080. The minimum Gasteiger partial charge on any atom is -0.364 e. The SMILES string of the molecule is Cn1ccc(C(=O)NCC[C@@H]2CC[C@@H](c3ccc(Cl)cc3Cl)N(c3ccc(Cl)cc3)C2)c1. The molecule has 1 N–H and O–H groups in total. The third-order valence-corrected chi connectivity index (χ3v) is 6.91. The first-order chi connectivity index (χ1) is 15.4. The fourth-order valence-corrected chi connectivity index (χ4v) is 5.08. The van der Waals surface area contributed by atoms with Gasteiger partial charge in [-0.3, -0.25) is 4.79 Å². The average Bonchev–Trinajstić information content (AvgIpc) is 3.21. The largest absolute Gasteiger partial charge is 0.364 e. The van der Waals surface area contributed by atoms with Crippen LogP contribution in [0.15, 0.2) is 60.9 Å². The molecule has 7 heteroatoms. The number of amides is 1. The van der Waals surface area contributed by atoms with Crippen molar-refractivity contribution in [2.24, 2.45) is 13.0 Å². The van der Waals surface area contributed by atoms with E-state index in [1.165, 1.54) is 0 Å². The van der Waals surface area contributed by atoms with Crippen molar-refractivity contribution in [1.82, 2.24) is 9.88 Å². The summed E-state index contributed by atoms with van der Waals surface area (Å²) in [7, 11) is 1.91. The fraction of sp³-hybridized carbons (Fsp3) is 0.320. The van der Waals surface area contributed by atoms with E-state index in [4.69, 9.17) is 34.8 Å². The number of aryl methyl sites for hydroxylation is 1. The van der Waals surface area contributed by atoms with Gasteiger partial charge in [0.05, 0.1) is 11.6 Å². The molecule has 0 unspecified atom stereocenters. The maximum atomic E-state index is 12.3. The maximum absolute atomic E-state index is 12.3. The summed E-state index contributed by atoms with van der Waals surface area (Å²) in [5.74, 6) is 0.436. The summed E-state index contributed by atoms with van der Waals surface area (Å²) in [5.41, 5.74) is 2.89. The Morgan fingerprint density at radius 1 is 1.03 bits per heavy atom. The molecule has 2 atom stereocenters. The van der Waals surface area contributed by atoms with Gasteiger partial charge in [-0.1, -0.05) is 40.9 Å². The number of nitrogens with zero attached hydrogens (tertiary/aromatic N) is 2. The number of halogens is 3. The molecule has 2 aromatic carbocycles. The highest BCUT2D eigenvalue weighted by Crippen LogP contribution is 2.41. The Balaban J connectivity index is 1.46. The molecule has 0 bridgehead atoms. The van der Waals surface area contributed by atoms with Gasteiger partial charge in [0.1, 0.15) is 0 Å². The molecule has 1 aromatic heterocycles. The number of aromatic nitrogens is 1. The zero-order chi connectivity index (χ0) is 22.7. The van der Waals surface area contributed by atoms with Gasteiger partial charge in [-0.25, -0.2) is 0 Å². The number of benzene rings is 2. The molecule has 1 fully saturated rings. The third kappa shape index (κ3) is 5.43. The molecule has 3 aromatic rings. The van der Waals surface area contributed by atoms with Crippen molar-refractivity contribution in [3.63, 3.8) is 0 Å². The van der Waals surface area contributed by atoms with Gasteiger partial charge < -0.3 is 14.8 Å². The Morgan fingerprint density at radius 2 is 1.78 bits per heavy atom. The minimum absolute atomic E-state index is 0.0261. The molecular weight excluding hydrogens is 465 g/mol. The lowest BCUT2D eigenvalue weighted by molar-refractivity contribution is 0.0950. The number of hydrogen-bond acceptors (Lipinski definition) is 2. The smallest absolute Gasteiger partial charge is 0.252 e. The van der Waals surface area contributed by atoms with Gasteiger partial charge in [0, 0.05) is 53.3 Å². The first-order valence-electron chi connectivity index (χ1n) is 10.8. The van der Waals surface area contributed by atoms with E-state index in [9.17, 15) is 4.79 Å². The average molecular weight is 491 g/mol. The van der Waals surface area contributed by atoms with Gasteiger partial charge in [0.25, 0.3) is 5.91 Å². The highest BCUT2D eigenvalue weighted by Gasteiger charge is 2.30. The maximum Gasteiger partial charge on any atom is 0.252 e. The van der Waals surface area contributed by atoms with Crippen molar-refractivity contribution in [2.45, 2.75) is 25.3 Å². The number of piperidine rings is 1. The standard InChI is InChI=1S/C25H26Cl3N3O/c1-30-13-11-18(16-30)25(32)29-12-10-17-2-9-24(22-8-5-20(27)14-23(22)28)31(15-17)21-6-3-19(26)4-7-21/h3-8,11,13-14,16-17,24H,2,9-10,12,15H2,1H3,(H,29,32)/t17-,24-/m0/s1. The van der Waals surface area contributed by atoms with Gasteiger partial charge in [0.2, 0.25) is 0 Å². The van der Waals surface area contributed by atoms with Crippen LogP contribution >= 0.6 is 34.8 Å². The second-order valence-corrected chi connectivity index (χ2v) is 9.64. The molecule has 4 nitrogen and oxygen atoms in total. The Labute approximate surface area is 204 Å². The van der Waals surface area contributed by atoms with Crippen molar-refractivity contribution < 1.29 is 4.79 Å². The minimum atomic E-state index is -0.0261. The molecule has 0 radical (unpaired) electrons. The van der Waals surface area contributed by atoms with Crippen LogP contribution in [-0.4, -0.2) is 23.6 Å². The van der Waals surface area contributed by atoms with Crippen molar-refractivity contribution in [3.8, 4) is 0 Å². The lowest BCUT2D eigenvalue weighted by Gasteiger charge is -2.42. The highest BCUT2D eigenvalue weighted by atomic mass is 35.5. The van der Waals surface area contributed by atoms with E-state index in [-0.39, 0.29) is 11.9 Å². The van der Waals surface area contributed by atoms with Crippen LogP contribution < -0.4 is 10.2 Å². The molecule has 4 rings (SSSR count). The lowest BCUT2D eigenvalue weighted by atomic mass is 9.86. The molecular formula is C25H26Cl3N3O. The molecule has 0 saturated carbocycles. The Morgan fingerprint density at radius 3 is 2.47 bits per heavy atom. The normalized spacial score (nSPS) is 18.6. The highest BCUT2D eigenvalue weighted by molar-refractivity contribution is 6.35. The van der Waals surface area contributed by atoms with E-state index in [2.05, 4.69) is 22.3 Å². The summed E-state index contributed by atoms with van der Waals surface area (Å²) in [5, 5.41) is 5.10. The summed E-state index contributed by atoms with van der Waals surface area (Å²) in [4.78, 5) is 14.7. The molecule has 0 aliphatic carbocycles. The van der Waals surface area contributed by atoms with E-state index < -0.39 is 0 Å². The van der Waals surface area contributed by atoms with Crippen LogP contribution in [-0.2, 0) is 7.05 Å². The van der Waals surface area contributed by atoms with Gasteiger partial charge >= 0.3 is 0 Å². The monoisotopic (exact) mass is 489 g/mol. The predicted octanol–water partition coefficient (Wildman–Crippen LogP) is 6.76. The van der Waals surface area contributed by atoms with E-state index in [1.807, 2.05) is 60.4 Å². The molecule has 168 valence electrons. The van der Waals surface area contributed by atoms with Crippen molar-refractivity contribution in [1.29, 1.82) is 0 Å². The predicted molar refractivity (Wildman–Crippen MR) is 133 cm³/mol. The molecule has 1 amide bonds. The van der Waals surface area contributed by atoms with E-state index in [1.54, 1.807) is 0 Å². The lowest BCUT2D eigenvalue weighted by Crippen LogP contribution is -2.39. The van der Waals surface area contributed by atoms with Crippen molar-refractivity contribution in [3.05, 3.63) is 87.1 Å². The van der Waals surface area contributed by atoms with Crippen LogP contribution in [0.2, 0.25) is 15.1 Å².